The minimum Gasteiger partial charge on any atom is -0.378 e. The fraction of sp³-hybridized carbons (Fsp3) is 0.429. The summed E-state index contributed by atoms with van der Waals surface area (Å²) in [7, 11) is 0. The van der Waals surface area contributed by atoms with Crippen LogP contribution >= 0.6 is 0 Å². The van der Waals surface area contributed by atoms with Crippen LogP contribution in [0.5, 0.6) is 0 Å². The highest BCUT2D eigenvalue weighted by molar-refractivity contribution is 5.58. The molecule has 0 spiro atoms. The quantitative estimate of drug-likeness (QED) is 0.508. The Balaban J connectivity index is 1.20. The Hall–Kier alpha value is -3.66. The highest BCUT2D eigenvalue weighted by Gasteiger charge is 2.26. The molecule has 0 amide bonds. The molecule has 3 aliphatic rings. The lowest BCUT2D eigenvalue weighted by molar-refractivity contribution is 0.122. The van der Waals surface area contributed by atoms with Crippen molar-refractivity contribution in [1.82, 2.24) is 9.97 Å². The second kappa shape index (κ2) is 11.0. The number of rotatable bonds is 5. The third-order valence-electron chi connectivity index (χ3n) is 7.57. The molecule has 4 heterocycles. The van der Waals surface area contributed by atoms with Crippen LogP contribution in [0.25, 0.3) is 0 Å². The van der Waals surface area contributed by atoms with Crippen molar-refractivity contribution < 1.29 is 13.5 Å². The lowest BCUT2D eigenvalue weighted by Crippen LogP contribution is -2.49. The Morgan fingerprint density at radius 3 is 1.45 bits per heavy atom. The predicted molar refractivity (Wildman–Crippen MR) is 147 cm³/mol. The first-order chi connectivity index (χ1) is 18.7. The Labute approximate surface area is 222 Å². The monoisotopic (exact) mass is 521 g/mol. The van der Waals surface area contributed by atoms with Gasteiger partial charge in [0.2, 0.25) is 5.95 Å². The molecule has 3 fully saturated rings. The Morgan fingerprint density at radius 1 is 0.526 bits per heavy atom. The molecule has 3 aromatic rings. The van der Waals surface area contributed by atoms with Crippen LogP contribution in [0.1, 0.15) is 0 Å². The summed E-state index contributed by atoms with van der Waals surface area (Å²) >= 11 is 0. The Bertz CT molecular complexity index is 1160. The van der Waals surface area contributed by atoms with E-state index in [0.29, 0.717) is 69.8 Å². The summed E-state index contributed by atoms with van der Waals surface area (Å²) in [4.78, 5) is 20.9. The van der Waals surface area contributed by atoms with Crippen LogP contribution in [-0.2, 0) is 4.74 Å². The summed E-state index contributed by atoms with van der Waals surface area (Å²) in [6.07, 6.45) is 0. The maximum atomic E-state index is 14.3. The molecular formula is C28H33F2N7O. The van der Waals surface area contributed by atoms with E-state index in [9.17, 15) is 8.78 Å². The number of nitrogens with zero attached hydrogens (tertiary/aromatic N) is 7. The van der Waals surface area contributed by atoms with Crippen molar-refractivity contribution in [3.63, 3.8) is 0 Å². The molecule has 6 rings (SSSR count). The van der Waals surface area contributed by atoms with E-state index in [1.54, 1.807) is 12.1 Å². The number of para-hydroxylation sites is 2. The number of piperazine rings is 2. The van der Waals surface area contributed by atoms with E-state index < -0.39 is 0 Å². The van der Waals surface area contributed by atoms with Crippen molar-refractivity contribution in [3.05, 3.63) is 66.2 Å². The van der Waals surface area contributed by atoms with Gasteiger partial charge < -0.3 is 29.2 Å². The number of morpholine rings is 1. The molecule has 0 N–H and O–H groups in total. The van der Waals surface area contributed by atoms with Crippen molar-refractivity contribution in [2.45, 2.75) is 0 Å². The number of hydrogen-bond acceptors (Lipinski definition) is 8. The van der Waals surface area contributed by atoms with Gasteiger partial charge in [-0.05, 0) is 24.3 Å². The largest absolute Gasteiger partial charge is 0.378 e. The van der Waals surface area contributed by atoms with Crippen LogP contribution in [0, 0.1) is 11.6 Å². The van der Waals surface area contributed by atoms with Gasteiger partial charge in [0.15, 0.2) is 0 Å². The van der Waals surface area contributed by atoms with Crippen molar-refractivity contribution in [1.29, 1.82) is 0 Å². The van der Waals surface area contributed by atoms with E-state index in [4.69, 9.17) is 14.7 Å². The SMILES string of the molecule is Fc1ccccc1N1CCN(c2cc(N3CCOCC3)nc(N3CCN(c4ccccc4F)CC3)n2)CC1. The maximum Gasteiger partial charge on any atom is 0.229 e. The molecule has 0 saturated carbocycles. The molecule has 0 aliphatic carbocycles. The fourth-order valence-corrected chi connectivity index (χ4v) is 5.41. The third-order valence-corrected chi connectivity index (χ3v) is 7.57. The average molecular weight is 522 g/mol. The molecule has 8 nitrogen and oxygen atoms in total. The van der Waals surface area contributed by atoms with Gasteiger partial charge in [0.05, 0.1) is 24.6 Å². The van der Waals surface area contributed by atoms with E-state index in [0.717, 1.165) is 37.8 Å². The second-order valence-electron chi connectivity index (χ2n) is 9.83. The summed E-state index contributed by atoms with van der Waals surface area (Å²) in [5, 5.41) is 0. The Kier molecular flexibility index (Phi) is 7.13. The zero-order valence-electron chi connectivity index (χ0n) is 21.5. The van der Waals surface area contributed by atoms with Gasteiger partial charge >= 0.3 is 0 Å². The van der Waals surface area contributed by atoms with Gasteiger partial charge in [-0.1, -0.05) is 24.3 Å². The summed E-state index contributed by atoms with van der Waals surface area (Å²) in [6.45, 7) is 8.67. The minimum absolute atomic E-state index is 0.186. The molecule has 10 heteroatoms. The van der Waals surface area contributed by atoms with Crippen molar-refractivity contribution in [2.24, 2.45) is 0 Å². The van der Waals surface area contributed by atoms with Crippen LogP contribution in [0.15, 0.2) is 54.6 Å². The molecule has 0 bridgehead atoms. The maximum absolute atomic E-state index is 14.3. The van der Waals surface area contributed by atoms with Crippen LogP contribution in [0.4, 0.5) is 37.7 Å². The van der Waals surface area contributed by atoms with E-state index in [-0.39, 0.29) is 11.6 Å². The highest BCUT2D eigenvalue weighted by atomic mass is 19.1. The lowest BCUT2D eigenvalue weighted by Gasteiger charge is -2.39. The minimum atomic E-state index is -0.191. The lowest BCUT2D eigenvalue weighted by atomic mass is 10.2. The normalized spacial score (nSPS) is 18.7. The van der Waals surface area contributed by atoms with Gasteiger partial charge in [0.1, 0.15) is 23.3 Å². The topological polar surface area (TPSA) is 51.2 Å². The predicted octanol–water partition coefficient (Wildman–Crippen LogP) is 3.24. The molecular weight excluding hydrogens is 488 g/mol. The number of aromatic nitrogens is 2. The van der Waals surface area contributed by atoms with Crippen LogP contribution in [0.3, 0.4) is 0 Å². The highest BCUT2D eigenvalue weighted by Crippen LogP contribution is 2.28. The molecule has 3 saturated heterocycles. The van der Waals surface area contributed by atoms with E-state index in [1.807, 2.05) is 24.3 Å². The molecule has 38 heavy (non-hydrogen) atoms. The third kappa shape index (κ3) is 5.18. The summed E-state index contributed by atoms with van der Waals surface area (Å²) < 4.78 is 34.3. The van der Waals surface area contributed by atoms with Gasteiger partial charge in [-0.2, -0.15) is 9.97 Å². The first-order valence-corrected chi connectivity index (χ1v) is 13.4. The first-order valence-electron chi connectivity index (χ1n) is 13.4. The summed E-state index contributed by atoms with van der Waals surface area (Å²) in [5.41, 5.74) is 1.29. The standard InChI is InChI=1S/C28H33F2N7O/c29-22-5-1-3-7-24(22)33-9-13-35(14-10-33)26-21-27(36-17-19-38-20-18-36)32-28(31-26)37-15-11-34(12-16-37)25-8-4-2-6-23(25)30/h1-8,21H,9-20H2. The van der Waals surface area contributed by atoms with Gasteiger partial charge in [0.25, 0.3) is 0 Å². The van der Waals surface area contributed by atoms with Crippen molar-refractivity contribution in [3.8, 4) is 0 Å². The van der Waals surface area contributed by atoms with Crippen LogP contribution in [0.2, 0.25) is 0 Å². The fourth-order valence-electron chi connectivity index (χ4n) is 5.41. The summed E-state index contributed by atoms with van der Waals surface area (Å²) in [6, 6.07) is 16.0. The zero-order valence-corrected chi connectivity index (χ0v) is 21.5. The van der Waals surface area contributed by atoms with Crippen molar-refractivity contribution in [2.75, 3.05) is 103 Å². The van der Waals surface area contributed by atoms with Gasteiger partial charge in [-0.25, -0.2) is 8.78 Å². The molecule has 2 aromatic carbocycles. The van der Waals surface area contributed by atoms with Gasteiger partial charge in [-0.15, -0.1) is 0 Å². The summed E-state index contributed by atoms with van der Waals surface area (Å²) in [5.74, 6) is 2.12. The molecule has 1 aromatic heterocycles. The number of halogens is 2. The van der Waals surface area contributed by atoms with Gasteiger partial charge in [-0.3, -0.25) is 0 Å². The van der Waals surface area contributed by atoms with Gasteiger partial charge in [0, 0.05) is 71.5 Å². The molecule has 0 atom stereocenters. The average Bonchev–Trinajstić information content (AvgIpc) is 2.98. The number of hydrogen-bond donors (Lipinski definition) is 0. The van der Waals surface area contributed by atoms with E-state index >= 15 is 0 Å². The number of ether oxygens (including phenoxy) is 1. The van der Waals surface area contributed by atoms with Crippen molar-refractivity contribution >= 4 is 29.0 Å². The second-order valence-corrected chi connectivity index (χ2v) is 9.83. The number of anilines is 5. The molecule has 200 valence electrons. The zero-order chi connectivity index (χ0) is 25.9. The molecule has 3 aliphatic heterocycles. The number of benzene rings is 2. The molecule has 0 unspecified atom stereocenters. The van der Waals surface area contributed by atoms with E-state index in [1.165, 1.54) is 12.1 Å². The Morgan fingerprint density at radius 2 is 0.947 bits per heavy atom. The van der Waals surface area contributed by atoms with Crippen LogP contribution in [-0.4, -0.2) is 88.6 Å². The smallest absolute Gasteiger partial charge is 0.229 e. The molecule has 0 radical (unpaired) electrons. The van der Waals surface area contributed by atoms with E-state index in [2.05, 4.69) is 30.6 Å². The van der Waals surface area contributed by atoms with Crippen LogP contribution < -0.4 is 24.5 Å². The first kappa shape index (κ1) is 24.7.